The van der Waals surface area contributed by atoms with Gasteiger partial charge in [-0.25, -0.2) is 19.3 Å². The van der Waals surface area contributed by atoms with Gasteiger partial charge in [0.1, 0.15) is 29.1 Å². The summed E-state index contributed by atoms with van der Waals surface area (Å²) in [5.74, 6) is 1.90. The summed E-state index contributed by atoms with van der Waals surface area (Å²) in [6.45, 7) is 4.64. The lowest BCUT2D eigenvalue weighted by Gasteiger charge is -2.10. The van der Waals surface area contributed by atoms with Gasteiger partial charge in [0.15, 0.2) is 0 Å². The van der Waals surface area contributed by atoms with E-state index in [0.717, 1.165) is 5.56 Å². The minimum atomic E-state index is -0.368. The van der Waals surface area contributed by atoms with Crippen LogP contribution in [-0.4, -0.2) is 33.9 Å². The van der Waals surface area contributed by atoms with Gasteiger partial charge in [0.2, 0.25) is 5.91 Å². The molecule has 0 spiro atoms. The predicted molar refractivity (Wildman–Crippen MR) is 116 cm³/mol. The van der Waals surface area contributed by atoms with Crippen LogP contribution in [0.2, 0.25) is 0 Å². The summed E-state index contributed by atoms with van der Waals surface area (Å²) < 4.78 is 13.5. The molecule has 3 N–H and O–H groups in total. The number of halogens is 1. The first-order valence-corrected chi connectivity index (χ1v) is 9.49. The first-order valence-electron chi connectivity index (χ1n) is 9.49. The molecule has 0 aliphatic rings. The number of hydrogen-bond acceptors (Lipinski definition) is 6. The molecule has 0 atom stereocenters. The van der Waals surface area contributed by atoms with Gasteiger partial charge in [-0.1, -0.05) is 18.2 Å². The van der Waals surface area contributed by atoms with E-state index in [1.54, 1.807) is 37.4 Å². The lowest BCUT2D eigenvalue weighted by molar-refractivity contribution is -0.116. The first kappa shape index (κ1) is 20.9. The van der Waals surface area contributed by atoms with E-state index >= 15 is 0 Å². The molecular weight excluding hydrogens is 383 g/mol. The lowest BCUT2D eigenvalue weighted by Crippen LogP contribution is -2.27. The zero-order valence-corrected chi connectivity index (χ0v) is 16.8. The molecule has 0 fully saturated rings. The van der Waals surface area contributed by atoms with Gasteiger partial charge >= 0.3 is 0 Å². The SMILES string of the molecule is Cc1ccnc(Nc2cc(NCCNC(=O)/C=C/c3ccccc3F)nc(C)n2)c1. The maximum absolute atomic E-state index is 13.5. The molecule has 1 amide bonds. The van der Waals surface area contributed by atoms with Crippen molar-refractivity contribution in [1.82, 2.24) is 20.3 Å². The van der Waals surface area contributed by atoms with Gasteiger partial charge < -0.3 is 16.0 Å². The Morgan fingerprint density at radius 3 is 2.63 bits per heavy atom. The summed E-state index contributed by atoms with van der Waals surface area (Å²) >= 11 is 0. The second-order valence-electron chi connectivity index (χ2n) is 6.60. The van der Waals surface area contributed by atoms with Crippen LogP contribution in [0.4, 0.5) is 21.8 Å². The third-order valence-corrected chi connectivity index (χ3v) is 4.06. The standard InChI is InChI=1S/C22H23FN6O/c1-15-9-10-24-19(13-15)29-21-14-20(27-16(2)28-21)25-11-12-26-22(30)8-7-17-5-3-4-6-18(17)23/h3-10,13-14H,11-12H2,1-2H3,(H,26,30)(H2,24,25,27,28,29)/b8-7+. The molecule has 0 saturated carbocycles. The second kappa shape index (κ2) is 10.1. The summed E-state index contributed by atoms with van der Waals surface area (Å²) in [6, 6.07) is 11.9. The minimum absolute atomic E-state index is 0.299. The van der Waals surface area contributed by atoms with Crippen molar-refractivity contribution in [1.29, 1.82) is 0 Å². The van der Waals surface area contributed by atoms with E-state index in [0.29, 0.717) is 41.9 Å². The maximum Gasteiger partial charge on any atom is 0.244 e. The Morgan fingerprint density at radius 2 is 1.83 bits per heavy atom. The Morgan fingerprint density at radius 1 is 1.03 bits per heavy atom. The van der Waals surface area contributed by atoms with Gasteiger partial charge in [-0.15, -0.1) is 0 Å². The van der Waals surface area contributed by atoms with E-state index in [1.165, 1.54) is 18.2 Å². The number of pyridine rings is 1. The highest BCUT2D eigenvalue weighted by Gasteiger charge is 2.04. The number of rotatable bonds is 8. The molecule has 3 aromatic rings. The van der Waals surface area contributed by atoms with E-state index < -0.39 is 0 Å². The van der Waals surface area contributed by atoms with Gasteiger partial charge in [0, 0.05) is 37.0 Å². The number of carbonyl (C=O) groups excluding carboxylic acids is 1. The summed E-state index contributed by atoms with van der Waals surface area (Å²) in [5, 5.41) is 9.05. The zero-order valence-electron chi connectivity index (χ0n) is 16.8. The van der Waals surface area contributed by atoms with Crippen molar-refractivity contribution in [3.8, 4) is 0 Å². The molecule has 7 nitrogen and oxygen atoms in total. The van der Waals surface area contributed by atoms with E-state index in [1.807, 2.05) is 19.1 Å². The molecule has 0 aliphatic heterocycles. The molecule has 0 aliphatic carbocycles. The Bertz CT molecular complexity index is 1050. The van der Waals surface area contributed by atoms with Crippen LogP contribution in [0.15, 0.2) is 54.7 Å². The summed E-state index contributed by atoms with van der Waals surface area (Å²) in [4.78, 5) is 24.9. The Labute approximate surface area is 174 Å². The molecular formula is C22H23FN6O. The van der Waals surface area contributed by atoms with Crippen molar-refractivity contribution in [3.05, 3.63) is 77.5 Å². The van der Waals surface area contributed by atoms with Crippen molar-refractivity contribution in [2.75, 3.05) is 23.7 Å². The lowest BCUT2D eigenvalue weighted by atomic mass is 10.2. The molecule has 3 rings (SSSR count). The number of anilines is 3. The minimum Gasteiger partial charge on any atom is -0.368 e. The van der Waals surface area contributed by atoms with Crippen molar-refractivity contribution in [3.63, 3.8) is 0 Å². The van der Waals surface area contributed by atoms with Crippen molar-refractivity contribution < 1.29 is 9.18 Å². The third-order valence-electron chi connectivity index (χ3n) is 4.06. The van der Waals surface area contributed by atoms with Gasteiger partial charge in [0.05, 0.1) is 0 Å². The summed E-state index contributed by atoms with van der Waals surface area (Å²) in [6.07, 6.45) is 4.49. The van der Waals surface area contributed by atoms with Crippen LogP contribution in [0.3, 0.4) is 0 Å². The molecule has 0 unspecified atom stereocenters. The zero-order chi connectivity index (χ0) is 21.3. The van der Waals surface area contributed by atoms with Gasteiger partial charge in [-0.2, -0.15) is 0 Å². The van der Waals surface area contributed by atoms with Crippen LogP contribution in [0.1, 0.15) is 17.0 Å². The molecule has 30 heavy (non-hydrogen) atoms. The van der Waals surface area contributed by atoms with Gasteiger partial charge in [-0.3, -0.25) is 4.79 Å². The highest BCUT2D eigenvalue weighted by Crippen LogP contribution is 2.16. The fourth-order valence-electron chi connectivity index (χ4n) is 2.67. The molecule has 0 radical (unpaired) electrons. The fraction of sp³-hybridized carbons (Fsp3) is 0.182. The molecule has 0 bridgehead atoms. The van der Waals surface area contributed by atoms with E-state index in [-0.39, 0.29) is 11.7 Å². The maximum atomic E-state index is 13.5. The molecule has 154 valence electrons. The van der Waals surface area contributed by atoms with Crippen LogP contribution in [0.25, 0.3) is 6.08 Å². The van der Waals surface area contributed by atoms with Gasteiger partial charge in [0.25, 0.3) is 0 Å². The molecule has 0 saturated heterocycles. The second-order valence-corrected chi connectivity index (χ2v) is 6.60. The van der Waals surface area contributed by atoms with Crippen LogP contribution in [0.5, 0.6) is 0 Å². The summed E-state index contributed by atoms with van der Waals surface area (Å²) in [5.41, 5.74) is 1.46. The van der Waals surface area contributed by atoms with Crippen molar-refractivity contribution in [2.45, 2.75) is 13.8 Å². The van der Waals surface area contributed by atoms with Crippen LogP contribution < -0.4 is 16.0 Å². The fourth-order valence-corrected chi connectivity index (χ4v) is 2.67. The summed E-state index contributed by atoms with van der Waals surface area (Å²) in [7, 11) is 0. The number of nitrogens with one attached hydrogen (secondary N) is 3. The average Bonchev–Trinajstić information content (AvgIpc) is 2.70. The highest BCUT2D eigenvalue weighted by atomic mass is 19.1. The first-order chi connectivity index (χ1) is 14.5. The number of nitrogens with zero attached hydrogens (tertiary/aromatic N) is 3. The van der Waals surface area contributed by atoms with E-state index in [4.69, 9.17) is 0 Å². The van der Waals surface area contributed by atoms with Crippen molar-refractivity contribution in [2.24, 2.45) is 0 Å². The molecule has 2 heterocycles. The Hall–Kier alpha value is -3.81. The normalized spacial score (nSPS) is 10.8. The predicted octanol–water partition coefficient (Wildman–Crippen LogP) is 3.61. The average molecular weight is 406 g/mol. The molecule has 1 aromatic carbocycles. The van der Waals surface area contributed by atoms with E-state index in [9.17, 15) is 9.18 Å². The highest BCUT2D eigenvalue weighted by molar-refractivity contribution is 5.91. The molecule has 2 aromatic heterocycles. The van der Waals surface area contributed by atoms with Crippen LogP contribution in [0, 0.1) is 19.7 Å². The Balaban J connectivity index is 1.49. The van der Waals surface area contributed by atoms with E-state index in [2.05, 4.69) is 30.9 Å². The van der Waals surface area contributed by atoms with Crippen molar-refractivity contribution >= 4 is 29.4 Å². The monoisotopic (exact) mass is 406 g/mol. The number of aryl methyl sites for hydroxylation is 2. The van der Waals surface area contributed by atoms with Crippen LogP contribution >= 0.6 is 0 Å². The Kier molecular flexibility index (Phi) is 7.05. The van der Waals surface area contributed by atoms with Crippen LogP contribution in [-0.2, 0) is 4.79 Å². The quantitative estimate of drug-likeness (QED) is 0.391. The number of aromatic nitrogens is 3. The largest absolute Gasteiger partial charge is 0.368 e. The number of carbonyl (C=O) groups is 1. The number of benzene rings is 1. The number of amides is 1. The molecule has 8 heteroatoms. The number of hydrogen-bond donors (Lipinski definition) is 3. The smallest absolute Gasteiger partial charge is 0.244 e. The third kappa shape index (κ3) is 6.37. The topological polar surface area (TPSA) is 91.8 Å². The van der Waals surface area contributed by atoms with Gasteiger partial charge in [-0.05, 0) is 43.7 Å².